The lowest BCUT2D eigenvalue weighted by molar-refractivity contribution is -0.122. The Labute approximate surface area is 98.6 Å². The maximum absolute atomic E-state index is 11.7. The molecule has 2 heterocycles. The van der Waals surface area contributed by atoms with Crippen LogP contribution in [0.5, 0.6) is 0 Å². The van der Waals surface area contributed by atoms with Crippen LogP contribution in [0.25, 0.3) is 0 Å². The molecule has 0 radical (unpaired) electrons. The van der Waals surface area contributed by atoms with Crippen LogP contribution in [0.4, 0.5) is 0 Å². The van der Waals surface area contributed by atoms with Crippen molar-refractivity contribution in [1.29, 1.82) is 0 Å². The van der Waals surface area contributed by atoms with Crippen LogP contribution in [0.1, 0.15) is 5.69 Å². The largest absolute Gasteiger partial charge is 0.349 e. The van der Waals surface area contributed by atoms with Crippen molar-refractivity contribution in [2.24, 2.45) is 0 Å². The highest BCUT2D eigenvalue weighted by Gasteiger charge is 2.30. The summed E-state index contributed by atoms with van der Waals surface area (Å²) in [5.74, 6) is -0.115. The van der Waals surface area contributed by atoms with Gasteiger partial charge in [0.1, 0.15) is 6.04 Å². The van der Waals surface area contributed by atoms with Crippen LogP contribution in [-0.4, -0.2) is 28.9 Å². The number of hydrogen-bond donors (Lipinski definition) is 3. The van der Waals surface area contributed by atoms with E-state index in [0.717, 1.165) is 5.69 Å². The van der Waals surface area contributed by atoms with Crippen LogP contribution < -0.4 is 16.2 Å². The third-order valence-corrected chi connectivity index (χ3v) is 2.77. The van der Waals surface area contributed by atoms with E-state index in [-0.39, 0.29) is 17.3 Å². The molecule has 0 bridgehead atoms. The Balaban J connectivity index is 1.84. The van der Waals surface area contributed by atoms with Gasteiger partial charge in [0.2, 0.25) is 5.91 Å². The van der Waals surface area contributed by atoms with Gasteiger partial charge >= 0.3 is 0 Å². The molecule has 0 aliphatic carbocycles. The van der Waals surface area contributed by atoms with Crippen molar-refractivity contribution in [2.45, 2.75) is 18.0 Å². The number of amides is 1. The molecule has 1 aliphatic heterocycles. The van der Waals surface area contributed by atoms with Crippen molar-refractivity contribution < 1.29 is 4.79 Å². The lowest BCUT2D eigenvalue weighted by atomic mass is 10.2. The van der Waals surface area contributed by atoms with Crippen molar-refractivity contribution in [1.82, 2.24) is 21.2 Å². The van der Waals surface area contributed by atoms with Crippen molar-refractivity contribution in [3.8, 4) is 0 Å². The molecule has 1 amide bonds. The monoisotopic (exact) mass is 240 g/mol. The van der Waals surface area contributed by atoms with Gasteiger partial charge < -0.3 is 5.32 Å². The maximum Gasteiger partial charge on any atom is 0.240 e. The molecular weight excluding hydrogens is 228 g/mol. The van der Waals surface area contributed by atoms with Gasteiger partial charge in [0, 0.05) is 12.7 Å². The normalized spacial score (nSPS) is 24.3. The highest BCUT2D eigenvalue weighted by atomic mass is 35.5. The van der Waals surface area contributed by atoms with E-state index >= 15 is 0 Å². The predicted octanol–water partition coefficient (Wildman–Crippen LogP) is -0.218. The second-order valence-electron chi connectivity index (χ2n) is 3.56. The van der Waals surface area contributed by atoms with Crippen LogP contribution in [0.2, 0.25) is 0 Å². The SMILES string of the molecule is O=C(NCc1ccccn1)C1NNCC1Cl. The smallest absolute Gasteiger partial charge is 0.240 e. The molecule has 1 aromatic rings. The van der Waals surface area contributed by atoms with Crippen molar-refractivity contribution in [2.75, 3.05) is 6.54 Å². The van der Waals surface area contributed by atoms with Gasteiger partial charge in [-0.2, -0.15) is 0 Å². The quantitative estimate of drug-likeness (QED) is 0.640. The molecule has 2 atom stereocenters. The molecule has 86 valence electrons. The van der Waals surface area contributed by atoms with E-state index in [9.17, 15) is 4.79 Å². The Bertz CT molecular complexity index is 359. The topological polar surface area (TPSA) is 66.0 Å². The lowest BCUT2D eigenvalue weighted by Crippen LogP contribution is -2.45. The fraction of sp³-hybridized carbons (Fsp3) is 0.400. The van der Waals surface area contributed by atoms with Gasteiger partial charge in [0.05, 0.1) is 17.6 Å². The summed E-state index contributed by atoms with van der Waals surface area (Å²) in [6, 6.07) is 5.20. The molecule has 3 N–H and O–H groups in total. The number of alkyl halides is 1. The average Bonchev–Trinajstić information content (AvgIpc) is 2.74. The Morgan fingerprint density at radius 1 is 1.62 bits per heavy atom. The summed E-state index contributed by atoms with van der Waals surface area (Å²) in [5, 5.41) is 2.56. The van der Waals surface area contributed by atoms with Gasteiger partial charge in [-0.3, -0.25) is 15.2 Å². The van der Waals surface area contributed by atoms with E-state index < -0.39 is 0 Å². The van der Waals surface area contributed by atoms with Gasteiger partial charge in [0.25, 0.3) is 0 Å². The first-order chi connectivity index (χ1) is 7.77. The Morgan fingerprint density at radius 3 is 3.12 bits per heavy atom. The van der Waals surface area contributed by atoms with Crippen molar-refractivity contribution in [3.05, 3.63) is 30.1 Å². The molecule has 1 saturated heterocycles. The molecule has 0 saturated carbocycles. The Morgan fingerprint density at radius 2 is 2.50 bits per heavy atom. The first kappa shape index (κ1) is 11.3. The zero-order valence-corrected chi connectivity index (χ0v) is 9.37. The number of rotatable bonds is 3. The highest BCUT2D eigenvalue weighted by molar-refractivity contribution is 6.23. The maximum atomic E-state index is 11.7. The molecule has 2 rings (SSSR count). The third-order valence-electron chi connectivity index (χ3n) is 2.37. The van der Waals surface area contributed by atoms with E-state index in [1.807, 2.05) is 18.2 Å². The standard InChI is InChI=1S/C10H13ClN4O/c11-8-6-14-15-9(8)10(16)13-5-7-3-1-2-4-12-7/h1-4,8-9,14-15H,5-6H2,(H,13,16). The Kier molecular flexibility index (Phi) is 3.71. The molecule has 1 aromatic heterocycles. The summed E-state index contributed by atoms with van der Waals surface area (Å²) in [4.78, 5) is 15.8. The molecule has 6 heteroatoms. The summed E-state index contributed by atoms with van der Waals surface area (Å²) in [7, 11) is 0. The van der Waals surface area contributed by atoms with E-state index in [2.05, 4.69) is 21.2 Å². The second-order valence-corrected chi connectivity index (χ2v) is 4.12. The lowest BCUT2D eigenvalue weighted by Gasteiger charge is -2.12. The molecule has 0 spiro atoms. The Hall–Kier alpha value is -1.17. The second kappa shape index (κ2) is 5.25. The fourth-order valence-electron chi connectivity index (χ4n) is 1.49. The molecule has 16 heavy (non-hydrogen) atoms. The number of aromatic nitrogens is 1. The number of carbonyl (C=O) groups is 1. The number of pyridine rings is 1. The van der Waals surface area contributed by atoms with Crippen LogP contribution >= 0.6 is 11.6 Å². The minimum Gasteiger partial charge on any atom is -0.349 e. The molecule has 2 unspecified atom stereocenters. The minimum absolute atomic E-state index is 0.115. The first-order valence-corrected chi connectivity index (χ1v) is 5.51. The number of halogens is 1. The number of nitrogens with zero attached hydrogens (tertiary/aromatic N) is 1. The van der Waals surface area contributed by atoms with Gasteiger partial charge in [-0.15, -0.1) is 11.6 Å². The number of nitrogens with one attached hydrogen (secondary N) is 3. The van der Waals surface area contributed by atoms with Crippen molar-refractivity contribution in [3.63, 3.8) is 0 Å². The van der Waals surface area contributed by atoms with Gasteiger partial charge in [-0.25, -0.2) is 5.43 Å². The first-order valence-electron chi connectivity index (χ1n) is 5.07. The third kappa shape index (κ3) is 2.69. The van der Waals surface area contributed by atoms with Gasteiger partial charge in [-0.1, -0.05) is 6.07 Å². The molecule has 0 aromatic carbocycles. The zero-order chi connectivity index (χ0) is 11.4. The molecule has 1 aliphatic rings. The summed E-state index contributed by atoms with van der Waals surface area (Å²) in [5.41, 5.74) is 6.50. The zero-order valence-electron chi connectivity index (χ0n) is 8.61. The van der Waals surface area contributed by atoms with Crippen molar-refractivity contribution >= 4 is 17.5 Å². The predicted molar refractivity (Wildman–Crippen MR) is 60.7 cm³/mol. The van der Waals surface area contributed by atoms with E-state index in [1.54, 1.807) is 6.20 Å². The molecular formula is C10H13ClN4O. The summed E-state index contributed by atoms with van der Waals surface area (Å²) in [6.45, 7) is 1.00. The van der Waals surface area contributed by atoms with Crippen LogP contribution in [0.3, 0.4) is 0 Å². The molecule has 1 fully saturated rings. The van der Waals surface area contributed by atoms with Crippen LogP contribution in [0.15, 0.2) is 24.4 Å². The summed E-state index contributed by atoms with van der Waals surface area (Å²) in [6.07, 6.45) is 1.70. The summed E-state index contributed by atoms with van der Waals surface area (Å²) < 4.78 is 0. The fourth-order valence-corrected chi connectivity index (χ4v) is 1.75. The molecule has 5 nitrogen and oxygen atoms in total. The minimum atomic E-state index is -0.384. The highest BCUT2D eigenvalue weighted by Crippen LogP contribution is 2.06. The van der Waals surface area contributed by atoms with Gasteiger partial charge in [0.15, 0.2) is 0 Å². The van der Waals surface area contributed by atoms with E-state index in [1.165, 1.54) is 0 Å². The van der Waals surface area contributed by atoms with Crippen LogP contribution in [-0.2, 0) is 11.3 Å². The van der Waals surface area contributed by atoms with E-state index in [0.29, 0.717) is 13.1 Å². The number of hydrazine groups is 1. The number of carbonyl (C=O) groups excluding carboxylic acids is 1. The van der Waals surface area contributed by atoms with E-state index in [4.69, 9.17) is 11.6 Å². The number of hydrogen-bond acceptors (Lipinski definition) is 4. The average molecular weight is 241 g/mol. The van der Waals surface area contributed by atoms with Crippen LogP contribution in [0, 0.1) is 0 Å². The summed E-state index contributed by atoms with van der Waals surface area (Å²) >= 11 is 5.95. The van der Waals surface area contributed by atoms with Gasteiger partial charge in [-0.05, 0) is 12.1 Å².